The number of nitrogens with two attached hydrogens (primary N) is 1. The normalized spacial score (nSPS) is 11.6. The third-order valence-corrected chi connectivity index (χ3v) is 3.26. The van der Waals surface area contributed by atoms with E-state index in [1.54, 1.807) is 18.4 Å². The van der Waals surface area contributed by atoms with Crippen molar-refractivity contribution < 1.29 is 4.74 Å². The van der Waals surface area contributed by atoms with Crippen molar-refractivity contribution in [2.75, 3.05) is 7.11 Å². The molecule has 0 amide bonds. The van der Waals surface area contributed by atoms with Gasteiger partial charge in [-0.05, 0) is 29.1 Å². The number of halogens is 1. The van der Waals surface area contributed by atoms with E-state index in [4.69, 9.17) is 10.5 Å². The lowest BCUT2D eigenvalue weighted by Gasteiger charge is -2.11. The molecule has 0 bridgehead atoms. The van der Waals surface area contributed by atoms with Gasteiger partial charge >= 0.3 is 0 Å². The van der Waals surface area contributed by atoms with Crippen molar-refractivity contribution in [3.63, 3.8) is 0 Å². The van der Waals surface area contributed by atoms with Crippen molar-refractivity contribution in [1.82, 2.24) is 0 Å². The van der Waals surface area contributed by atoms with E-state index in [0.717, 1.165) is 11.3 Å². The van der Waals surface area contributed by atoms with Gasteiger partial charge in [-0.3, -0.25) is 0 Å². The summed E-state index contributed by atoms with van der Waals surface area (Å²) in [6.07, 6.45) is 0. The number of methoxy groups -OCH3 is 1. The average molecular weight is 256 g/mol. The summed E-state index contributed by atoms with van der Waals surface area (Å²) in [5, 5.41) is 2.04. The lowest BCUT2D eigenvalue weighted by Crippen LogP contribution is -2.09. The summed E-state index contributed by atoms with van der Waals surface area (Å²) in [5.74, 6) is 0.847. The van der Waals surface area contributed by atoms with Gasteiger partial charge in [0.1, 0.15) is 5.75 Å². The zero-order valence-corrected chi connectivity index (χ0v) is 10.6. The number of rotatable bonds is 3. The minimum absolute atomic E-state index is 0. The third-order valence-electron chi connectivity index (χ3n) is 2.30. The number of thiophene rings is 1. The van der Waals surface area contributed by atoms with Gasteiger partial charge in [0, 0.05) is 4.88 Å². The van der Waals surface area contributed by atoms with E-state index in [1.165, 1.54) is 4.88 Å². The van der Waals surface area contributed by atoms with Crippen LogP contribution in [-0.2, 0) is 0 Å². The van der Waals surface area contributed by atoms with Crippen LogP contribution in [0, 0.1) is 0 Å². The standard InChI is InChI=1S/C12H13NOS.ClH/c1-14-10-5-2-4-9(8-10)12(13)11-6-3-7-15-11;/h2-8,12H,13H2,1H3;1H/t12-;/m0./s1. The Kier molecular flexibility index (Phi) is 4.80. The molecule has 1 atom stereocenters. The first-order valence-corrected chi connectivity index (χ1v) is 5.62. The lowest BCUT2D eigenvalue weighted by atomic mass is 10.1. The van der Waals surface area contributed by atoms with E-state index in [1.807, 2.05) is 35.7 Å². The fourth-order valence-corrected chi connectivity index (χ4v) is 2.22. The van der Waals surface area contributed by atoms with Crippen LogP contribution in [0.25, 0.3) is 0 Å². The summed E-state index contributed by atoms with van der Waals surface area (Å²) in [4.78, 5) is 1.17. The van der Waals surface area contributed by atoms with Crippen molar-refractivity contribution in [3.8, 4) is 5.75 Å². The monoisotopic (exact) mass is 255 g/mol. The Morgan fingerprint density at radius 3 is 2.69 bits per heavy atom. The number of ether oxygens (including phenoxy) is 1. The van der Waals surface area contributed by atoms with Crippen LogP contribution in [0.5, 0.6) is 5.75 Å². The third kappa shape index (κ3) is 2.76. The van der Waals surface area contributed by atoms with Crippen molar-refractivity contribution in [2.24, 2.45) is 5.73 Å². The van der Waals surface area contributed by atoms with Crippen LogP contribution in [0.4, 0.5) is 0 Å². The highest BCUT2D eigenvalue weighted by Crippen LogP contribution is 2.25. The summed E-state index contributed by atoms with van der Waals surface area (Å²) in [7, 11) is 1.66. The molecule has 0 spiro atoms. The first-order valence-electron chi connectivity index (χ1n) is 4.74. The number of hydrogen-bond donors (Lipinski definition) is 1. The predicted molar refractivity (Wildman–Crippen MR) is 70.6 cm³/mol. The zero-order valence-electron chi connectivity index (χ0n) is 8.92. The molecule has 0 aliphatic carbocycles. The Morgan fingerprint density at radius 1 is 1.25 bits per heavy atom. The molecule has 0 saturated heterocycles. The van der Waals surface area contributed by atoms with Gasteiger partial charge in [-0.2, -0.15) is 0 Å². The van der Waals surface area contributed by atoms with Crippen LogP contribution in [0.2, 0.25) is 0 Å². The Hall–Kier alpha value is -1.03. The summed E-state index contributed by atoms with van der Waals surface area (Å²) in [5.41, 5.74) is 7.22. The smallest absolute Gasteiger partial charge is 0.119 e. The zero-order chi connectivity index (χ0) is 10.7. The van der Waals surface area contributed by atoms with Crippen LogP contribution in [0.1, 0.15) is 16.5 Å². The molecule has 2 N–H and O–H groups in total. The van der Waals surface area contributed by atoms with Gasteiger partial charge in [0.15, 0.2) is 0 Å². The molecule has 0 fully saturated rings. The minimum Gasteiger partial charge on any atom is -0.497 e. The molecular weight excluding hydrogens is 242 g/mol. The molecule has 1 heterocycles. The van der Waals surface area contributed by atoms with Crippen LogP contribution in [-0.4, -0.2) is 7.11 Å². The summed E-state index contributed by atoms with van der Waals surface area (Å²) in [6, 6.07) is 11.9. The van der Waals surface area contributed by atoms with E-state index >= 15 is 0 Å². The summed E-state index contributed by atoms with van der Waals surface area (Å²) < 4.78 is 5.17. The molecule has 0 radical (unpaired) electrons. The Bertz CT molecular complexity index is 430. The largest absolute Gasteiger partial charge is 0.497 e. The second kappa shape index (κ2) is 5.89. The highest BCUT2D eigenvalue weighted by atomic mass is 35.5. The lowest BCUT2D eigenvalue weighted by molar-refractivity contribution is 0.414. The molecule has 86 valence electrons. The van der Waals surface area contributed by atoms with Crippen LogP contribution in [0.3, 0.4) is 0 Å². The van der Waals surface area contributed by atoms with Gasteiger partial charge in [0.2, 0.25) is 0 Å². The molecule has 1 aromatic heterocycles. The molecular formula is C12H14ClNOS. The average Bonchev–Trinajstić information content (AvgIpc) is 2.81. The molecule has 4 heteroatoms. The van der Waals surface area contributed by atoms with Gasteiger partial charge in [0.05, 0.1) is 13.2 Å². The fraction of sp³-hybridized carbons (Fsp3) is 0.167. The van der Waals surface area contributed by atoms with Gasteiger partial charge in [-0.15, -0.1) is 23.7 Å². The van der Waals surface area contributed by atoms with Crippen LogP contribution in [0.15, 0.2) is 41.8 Å². The number of benzene rings is 1. The number of hydrogen-bond acceptors (Lipinski definition) is 3. The van der Waals surface area contributed by atoms with E-state index in [0.29, 0.717) is 0 Å². The maximum atomic E-state index is 6.14. The second-order valence-electron chi connectivity index (χ2n) is 3.27. The van der Waals surface area contributed by atoms with Gasteiger partial charge in [-0.1, -0.05) is 18.2 Å². The maximum Gasteiger partial charge on any atom is 0.119 e. The molecule has 0 unspecified atom stereocenters. The van der Waals surface area contributed by atoms with E-state index < -0.39 is 0 Å². The molecule has 2 nitrogen and oxygen atoms in total. The van der Waals surface area contributed by atoms with Gasteiger partial charge in [0.25, 0.3) is 0 Å². The highest BCUT2D eigenvalue weighted by Gasteiger charge is 2.09. The van der Waals surface area contributed by atoms with Crippen molar-refractivity contribution >= 4 is 23.7 Å². The molecule has 0 aliphatic heterocycles. The molecule has 2 aromatic rings. The molecule has 0 aliphatic rings. The topological polar surface area (TPSA) is 35.2 Å². The van der Waals surface area contributed by atoms with Crippen LogP contribution < -0.4 is 10.5 Å². The van der Waals surface area contributed by atoms with Crippen molar-refractivity contribution in [1.29, 1.82) is 0 Å². The van der Waals surface area contributed by atoms with Gasteiger partial charge in [-0.25, -0.2) is 0 Å². The van der Waals surface area contributed by atoms with Gasteiger partial charge < -0.3 is 10.5 Å². The fourth-order valence-electron chi connectivity index (χ4n) is 1.47. The molecule has 1 aromatic carbocycles. The predicted octanol–water partition coefficient (Wildman–Crippen LogP) is 3.23. The minimum atomic E-state index is -0.0555. The molecule has 0 saturated carbocycles. The quantitative estimate of drug-likeness (QED) is 0.914. The van der Waals surface area contributed by atoms with Crippen molar-refractivity contribution in [2.45, 2.75) is 6.04 Å². The van der Waals surface area contributed by atoms with E-state index in [-0.39, 0.29) is 18.4 Å². The Morgan fingerprint density at radius 2 is 2.06 bits per heavy atom. The van der Waals surface area contributed by atoms with Crippen molar-refractivity contribution in [3.05, 3.63) is 52.2 Å². The first-order chi connectivity index (χ1) is 7.31. The molecule has 16 heavy (non-hydrogen) atoms. The maximum absolute atomic E-state index is 6.14. The highest BCUT2D eigenvalue weighted by molar-refractivity contribution is 7.10. The summed E-state index contributed by atoms with van der Waals surface area (Å²) >= 11 is 1.67. The van der Waals surface area contributed by atoms with Crippen LogP contribution >= 0.6 is 23.7 Å². The molecule has 2 rings (SSSR count). The van der Waals surface area contributed by atoms with E-state index in [9.17, 15) is 0 Å². The SMILES string of the molecule is COc1cccc([C@H](N)c2cccs2)c1.Cl. The Balaban J connectivity index is 0.00000128. The second-order valence-corrected chi connectivity index (χ2v) is 4.25. The summed E-state index contributed by atoms with van der Waals surface area (Å²) in [6.45, 7) is 0. The Labute approximate surface area is 105 Å². The first kappa shape index (κ1) is 13.0. The van der Waals surface area contributed by atoms with E-state index in [2.05, 4.69) is 6.07 Å².